The Hall–Kier alpha value is -0.160. The number of hydrogen-bond donors (Lipinski definition) is 0. The molecular weight excluding hydrogens is 319 g/mol. The van der Waals surface area contributed by atoms with E-state index in [1.807, 2.05) is 0 Å². The van der Waals surface area contributed by atoms with Gasteiger partial charge < -0.3 is 0 Å². The zero-order chi connectivity index (χ0) is 13.0. The van der Waals surface area contributed by atoms with Gasteiger partial charge in [-0.25, -0.2) is 4.39 Å². The fourth-order valence-corrected chi connectivity index (χ4v) is 2.87. The maximum Gasteiger partial charge on any atom is 0.123 e. The Morgan fingerprint density at radius 3 is 2.50 bits per heavy atom. The van der Waals surface area contributed by atoms with E-state index in [4.69, 9.17) is 11.6 Å². The molecule has 5 heteroatoms. The SMILES string of the molecule is Fc1ccc(Cl)c(CN2CCN(CCBr)CC2)c1. The van der Waals surface area contributed by atoms with Crippen LogP contribution in [0.15, 0.2) is 18.2 Å². The van der Waals surface area contributed by atoms with Crippen molar-refractivity contribution in [2.24, 2.45) is 0 Å². The minimum atomic E-state index is -0.215. The third-order valence-corrected chi connectivity index (χ3v) is 3.99. The van der Waals surface area contributed by atoms with Crippen LogP contribution in [-0.4, -0.2) is 47.9 Å². The van der Waals surface area contributed by atoms with Gasteiger partial charge in [0.25, 0.3) is 0 Å². The van der Waals surface area contributed by atoms with Gasteiger partial charge in [-0.15, -0.1) is 0 Å². The quantitative estimate of drug-likeness (QED) is 0.781. The van der Waals surface area contributed by atoms with E-state index in [-0.39, 0.29) is 5.82 Å². The number of halogens is 3. The van der Waals surface area contributed by atoms with Crippen LogP contribution in [0.4, 0.5) is 4.39 Å². The molecule has 100 valence electrons. The summed E-state index contributed by atoms with van der Waals surface area (Å²) in [6.07, 6.45) is 0. The molecule has 1 aromatic carbocycles. The average Bonchev–Trinajstić information content (AvgIpc) is 2.37. The molecule has 1 aliphatic rings. The number of rotatable bonds is 4. The summed E-state index contributed by atoms with van der Waals surface area (Å²) in [6, 6.07) is 4.57. The summed E-state index contributed by atoms with van der Waals surface area (Å²) in [6.45, 7) is 5.99. The molecule has 1 heterocycles. The Kier molecular flexibility index (Phi) is 5.42. The predicted molar refractivity (Wildman–Crippen MR) is 76.9 cm³/mol. The van der Waals surface area contributed by atoms with Gasteiger partial charge in [0, 0.05) is 49.6 Å². The van der Waals surface area contributed by atoms with Gasteiger partial charge in [-0.3, -0.25) is 9.80 Å². The fourth-order valence-electron chi connectivity index (χ4n) is 2.20. The third-order valence-electron chi connectivity index (χ3n) is 3.27. The highest BCUT2D eigenvalue weighted by atomic mass is 79.9. The van der Waals surface area contributed by atoms with Gasteiger partial charge in [0.1, 0.15) is 5.82 Å². The van der Waals surface area contributed by atoms with Crippen LogP contribution in [-0.2, 0) is 6.54 Å². The highest BCUT2D eigenvalue weighted by molar-refractivity contribution is 9.09. The highest BCUT2D eigenvalue weighted by Gasteiger charge is 2.17. The van der Waals surface area contributed by atoms with Crippen molar-refractivity contribution in [3.8, 4) is 0 Å². The molecule has 0 N–H and O–H groups in total. The van der Waals surface area contributed by atoms with Gasteiger partial charge in [0.2, 0.25) is 0 Å². The van der Waals surface area contributed by atoms with Crippen LogP contribution in [0.25, 0.3) is 0 Å². The Balaban J connectivity index is 1.89. The molecule has 2 rings (SSSR count). The van der Waals surface area contributed by atoms with Gasteiger partial charge in [0.15, 0.2) is 0 Å². The number of hydrogen-bond acceptors (Lipinski definition) is 2. The van der Waals surface area contributed by atoms with E-state index in [0.717, 1.165) is 50.2 Å². The number of alkyl halides is 1. The van der Waals surface area contributed by atoms with Gasteiger partial charge >= 0.3 is 0 Å². The number of nitrogens with zero attached hydrogens (tertiary/aromatic N) is 2. The maximum atomic E-state index is 13.2. The van der Waals surface area contributed by atoms with Crippen LogP contribution in [0.3, 0.4) is 0 Å². The zero-order valence-corrected chi connectivity index (χ0v) is 12.6. The molecule has 18 heavy (non-hydrogen) atoms. The molecule has 0 atom stereocenters. The van der Waals surface area contributed by atoms with E-state index in [0.29, 0.717) is 5.02 Å². The molecule has 0 saturated carbocycles. The predicted octanol–water partition coefficient (Wildman–Crippen LogP) is 2.99. The molecule has 1 aliphatic heterocycles. The minimum Gasteiger partial charge on any atom is -0.300 e. The van der Waals surface area contributed by atoms with Crippen molar-refractivity contribution in [1.82, 2.24) is 9.80 Å². The molecular formula is C13H17BrClFN2. The van der Waals surface area contributed by atoms with E-state index in [9.17, 15) is 4.39 Å². The molecule has 2 nitrogen and oxygen atoms in total. The Bertz CT molecular complexity index is 395. The Morgan fingerprint density at radius 2 is 1.83 bits per heavy atom. The molecule has 0 aromatic heterocycles. The monoisotopic (exact) mass is 334 g/mol. The average molecular weight is 336 g/mol. The van der Waals surface area contributed by atoms with Crippen LogP contribution in [0.2, 0.25) is 5.02 Å². The summed E-state index contributed by atoms with van der Waals surface area (Å²) in [5.41, 5.74) is 0.880. The smallest absolute Gasteiger partial charge is 0.123 e. The summed E-state index contributed by atoms with van der Waals surface area (Å²) < 4.78 is 13.2. The van der Waals surface area contributed by atoms with Crippen LogP contribution in [0, 0.1) is 5.82 Å². The fraction of sp³-hybridized carbons (Fsp3) is 0.538. The first-order valence-corrected chi connectivity index (χ1v) is 7.63. The normalized spacial score (nSPS) is 18.2. The van der Waals surface area contributed by atoms with E-state index in [1.165, 1.54) is 12.1 Å². The summed E-state index contributed by atoms with van der Waals surface area (Å²) in [5.74, 6) is -0.215. The molecule has 1 saturated heterocycles. The minimum absolute atomic E-state index is 0.215. The van der Waals surface area contributed by atoms with Crippen molar-refractivity contribution in [2.45, 2.75) is 6.54 Å². The van der Waals surface area contributed by atoms with Crippen LogP contribution in [0.1, 0.15) is 5.56 Å². The molecule has 0 bridgehead atoms. The largest absolute Gasteiger partial charge is 0.300 e. The van der Waals surface area contributed by atoms with Crippen molar-refractivity contribution in [1.29, 1.82) is 0 Å². The molecule has 1 fully saturated rings. The van der Waals surface area contributed by atoms with Crippen molar-refractivity contribution in [3.05, 3.63) is 34.6 Å². The standard InChI is InChI=1S/C13H17BrClFN2/c14-3-4-17-5-7-18(8-6-17)10-11-9-12(16)1-2-13(11)15/h1-2,9H,3-8,10H2. The lowest BCUT2D eigenvalue weighted by Crippen LogP contribution is -2.46. The molecule has 0 unspecified atom stereocenters. The van der Waals surface area contributed by atoms with Gasteiger partial charge in [0.05, 0.1) is 0 Å². The summed E-state index contributed by atoms with van der Waals surface area (Å²) in [7, 11) is 0. The second-order valence-electron chi connectivity index (χ2n) is 4.54. The lowest BCUT2D eigenvalue weighted by molar-refractivity contribution is 0.133. The summed E-state index contributed by atoms with van der Waals surface area (Å²) in [5, 5.41) is 1.67. The maximum absolute atomic E-state index is 13.2. The van der Waals surface area contributed by atoms with Gasteiger partial charge in [-0.2, -0.15) is 0 Å². The van der Waals surface area contributed by atoms with Crippen LogP contribution < -0.4 is 0 Å². The summed E-state index contributed by atoms with van der Waals surface area (Å²) >= 11 is 9.54. The van der Waals surface area contributed by atoms with Gasteiger partial charge in [-0.05, 0) is 23.8 Å². The first kappa shape index (κ1) is 14.3. The zero-order valence-electron chi connectivity index (χ0n) is 10.2. The Morgan fingerprint density at radius 1 is 1.17 bits per heavy atom. The van der Waals surface area contributed by atoms with Crippen molar-refractivity contribution < 1.29 is 4.39 Å². The lowest BCUT2D eigenvalue weighted by atomic mass is 10.2. The lowest BCUT2D eigenvalue weighted by Gasteiger charge is -2.34. The third kappa shape index (κ3) is 3.92. The number of benzene rings is 1. The van der Waals surface area contributed by atoms with Crippen molar-refractivity contribution in [2.75, 3.05) is 38.1 Å². The van der Waals surface area contributed by atoms with Crippen molar-refractivity contribution in [3.63, 3.8) is 0 Å². The van der Waals surface area contributed by atoms with E-state index < -0.39 is 0 Å². The first-order chi connectivity index (χ1) is 8.69. The summed E-state index contributed by atoms with van der Waals surface area (Å²) in [4.78, 5) is 4.75. The van der Waals surface area contributed by atoms with E-state index >= 15 is 0 Å². The van der Waals surface area contributed by atoms with Crippen molar-refractivity contribution >= 4 is 27.5 Å². The molecule has 0 amide bonds. The topological polar surface area (TPSA) is 6.48 Å². The second-order valence-corrected chi connectivity index (χ2v) is 5.74. The van der Waals surface area contributed by atoms with E-state index in [1.54, 1.807) is 6.07 Å². The molecule has 0 spiro atoms. The highest BCUT2D eigenvalue weighted by Crippen LogP contribution is 2.19. The van der Waals surface area contributed by atoms with E-state index in [2.05, 4.69) is 25.7 Å². The van der Waals surface area contributed by atoms with Crippen LogP contribution >= 0.6 is 27.5 Å². The molecule has 1 aromatic rings. The van der Waals surface area contributed by atoms with Crippen LogP contribution in [0.5, 0.6) is 0 Å². The van der Waals surface area contributed by atoms with Gasteiger partial charge in [-0.1, -0.05) is 27.5 Å². The second kappa shape index (κ2) is 6.85. The first-order valence-electron chi connectivity index (χ1n) is 6.13. The molecule has 0 aliphatic carbocycles. The molecule has 0 radical (unpaired) electrons. The Labute approximate surface area is 121 Å². The number of piperazine rings is 1.